The summed E-state index contributed by atoms with van der Waals surface area (Å²) in [4.78, 5) is 14.5. The van der Waals surface area contributed by atoms with Crippen molar-refractivity contribution < 1.29 is 18.8 Å². The lowest BCUT2D eigenvalue weighted by Gasteiger charge is -2.32. The van der Waals surface area contributed by atoms with Crippen LogP contribution in [0.5, 0.6) is 0 Å². The van der Waals surface area contributed by atoms with Gasteiger partial charge in [-0.25, -0.2) is 4.79 Å². The second kappa shape index (κ2) is 6.73. The molecule has 2 aliphatic heterocycles. The number of benzene rings is 2. The number of hydrogen-bond acceptors (Lipinski definition) is 4. The highest BCUT2D eigenvalue weighted by molar-refractivity contribution is 6.65. The van der Waals surface area contributed by atoms with Crippen molar-refractivity contribution in [2.24, 2.45) is 0 Å². The van der Waals surface area contributed by atoms with Gasteiger partial charge >= 0.3 is 13.2 Å². The third-order valence-electron chi connectivity index (χ3n) is 6.47. The van der Waals surface area contributed by atoms with Gasteiger partial charge in [0.25, 0.3) is 0 Å². The highest BCUT2D eigenvalue weighted by Crippen LogP contribution is 2.42. The van der Waals surface area contributed by atoms with Crippen molar-refractivity contribution in [1.29, 1.82) is 0 Å². The molecule has 1 atom stereocenters. The van der Waals surface area contributed by atoms with Crippen LogP contribution in [0.25, 0.3) is 10.8 Å². The molecular weight excluding hydrogens is 377 g/mol. The minimum Gasteiger partial charge on any atom is -0.443 e. The number of carbonyl (C=O) groups is 1. The van der Waals surface area contributed by atoms with Gasteiger partial charge in [0.2, 0.25) is 0 Å². The predicted octanol–water partition coefficient (Wildman–Crippen LogP) is 5.00. The Morgan fingerprint density at radius 2 is 1.70 bits per heavy atom. The topological polar surface area (TPSA) is 48.0 Å². The number of hydrogen-bond donors (Lipinski definition) is 0. The molecule has 5 nitrogen and oxygen atoms in total. The standard InChI is InChI=1S/C24H32BNO4/c1-15-14-26(21(27)28-22(2,3)4)19-13-12-16-17(20(15)19)10-9-11-18(16)25-29-23(5,6)24(7,8)30-25/h9-13,15H,14H2,1-8H3. The molecule has 1 saturated heterocycles. The van der Waals surface area contributed by atoms with Crippen LogP contribution in [0.1, 0.15) is 66.9 Å². The summed E-state index contributed by atoms with van der Waals surface area (Å²) in [5.41, 5.74) is 1.82. The molecule has 1 fully saturated rings. The van der Waals surface area contributed by atoms with Crippen molar-refractivity contribution in [2.75, 3.05) is 11.4 Å². The minimum atomic E-state index is -0.524. The summed E-state index contributed by atoms with van der Waals surface area (Å²) in [5.74, 6) is 0.213. The van der Waals surface area contributed by atoms with Gasteiger partial charge in [0, 0.05) is 12.5 Å². The maximum absolute atomic E-state index is 12.8. The molecular formula is C24H32BNO4. The van der Waals surface area contributed by atoms with Crippen molar-refractivity contribution in [1.82, 2.24) is 0 Å². The summed E-state index contributed by atoms with van der Waals surface area (Å²) in [6.45, 7) is 16.7. The normalized spacial score (nSPS) is 22.5. The highest BCUT2D eigenvalue weighted by Gasteiger charge is 2.52. The summed E-state index contributed by atoms with van der Waals surface area (Å²) in [5, 5.41) is 2.24. The van der Waals surface area contributed by atoms with Gasteiger partial charge in [-0.15, -0.1) is 0 Å². The van der Waals surface area contributed by atoms with Crippen LogP contribution in [0, 0.1) is 0 Å². The second-order valence-corrected chi connectivity index (χ2v) is 10.5. The van der Waals surface area contributed by atoms with E-state index < -0.39 is 23.9 Å². The van der Waals surface area contributed by atoms with Crippen LogP contribution in [-0.2, 0) is 14.0 Å². The first-order chi connectivity index (χ1) is 13.8. The minimum absolute atomic E-state index is 0.213. The molecule has 0 aliphatic carbocycles. The van der Waals surface area contributed by atoms with Crippen molar-refractivity contribution >= 4 is 35.1 Å². The fourth-order valence-electron chi connectivity index (χ4n) is 4.28. The number of fused-ring (bicyclic) bond motifs is 3. The highest BCUT2D eigenvalue weighted by atomic mass is 16.7. The van der Waals surface area contributed by atoms with Gasteiger partial charge in [-0.05, 0) is 76.3 Å². The molecule has 4 rings (SSSR count). The van der Waals surface area contributed by atoms with Crippen LogP contribution in [-0.4, -0.2) is 36.6 Å². The van der Waals surface area contributed by atoms with E-state index in [9.17, 15) is 4.79 Å². The Kier molecular flexibility index (Phi) is 4.75. The SMILES string of the molecule is CC1CN(C(=O)OC(C)(C)C)c2ccc3c(B4OC(C)(C)C(C)(C)O4)cccc3c21. The molecule has 1 unspecified atom stereocenters. The van der Waals surface area contributed by atoms with E-state index in [0.717, 1.165) is 21.9 Å². The van der Waals surface area contributed by atoms with E-state index in [1.807, 2.05) is 32.9 Å². The van der Waals surface area contributed by atoms with Crippen molar-refractivity contribution in [3.8, 4) is 0 Å². The number of carbonyl (C=O) groups excluding carboxylic acids is 1. The Morgan fingerprint density at radius 3 is 2.30 bits per heavy atom. The zero-order valence-electron chi connectivity index (χ0n) is 19.3. The molecule has 2 aromatic rings. The average Bonchev–Trinajstić information content (AvgIpc) is 3.06. The molecule has 160 valence electrons. The van der Waals surface area contributed by atoms with E-state index in [-0.39, 0.29) is 12.0 Å². The maximum atomic E-state index is 12.8. The third-order valence-corrected chi connectivity index (χ3v) is 6.47. The number of amides is 1. The van der Waals surface area contributed by atoms with Gasteiger partial charge in [-0.3, -0.25) is 4.90 Å². The summed E-state index contributed by atoms with van der Waals surface area (Å²) in [6.07, 6.45) is -0.297. The number of anilines is 1. The van der Waals surface area contributed by atoms with E-state index in [4.69, 9.17) is 14.0 Å². The van der Waals surface area contributed by atoms with Crippen LogP contribution in [0.4, 0.5) is 10.5 Å². The number of ether oxygens (including phenoxy) is 1. The van der Waals surface area contributed by atoms with Crippen molar-refractivity contribution in [3.05, 3.63) is 35.9 Å². The first-order valence-electron chi connectivity index (χ1n) is 10.7. The second-order valence-electron chi connectivity index (χ2n) is 10.5. The Labute approximate surface area is 179 Å². The predicted molar refractivity (Wildman–Crippen MR) is 122 cm³/mol. The zero-order chi connectivity index (χ0) is 22.1. The van der Waals surface area contributed by atoms with Crippen LogP contribution >= 0.6 is 0 Å². The first kappa shape index (κ1) is 21.2. The summed E-state index contributed by atoms with van der Waals surface area (Å²) < 4.78 is 18.3. The molecule has 30 heavy (non-hydrogen) atoms. The quantitative estimate of drug-likeness (QED) is 0.622. The fourth-order valence-corrected chi connectivity index (χ4v) is 4.28. The number of rotatable bonds is 1. The largest absolute Gasteiger partial charge is 0.495 e. The van der Waals surface area contributed by atoms with Gasteiger partial charge in [0.1, 0.15) is 5.60 Å². The molecule has 6 heteroatoms. The maximum Gasteiger partial charge on any atom is 0.495 e. The smallest absolute Gasteiger partial charge is 0.443 e. The Bertz CT molecular complexity index is 992. The molecule has 0 aromatic heterocycles. The summed E-state index contributed by atoms with van der Waals surface area (Å²) in [6, 6.07) is 10.3. The lowest BCUT2D eigenvalue weighted by atomic mass is 9.75. The monoisotopic (exact) mass is 409 g/mol. The summed E-state index contributed by atoms with van der Waals surface area (Å²) in [7, 11) is -0.421. The lowest BCUT2D eigenvalue weighted by molar-refractivity contribution is 0.00578. The van der Waals surface area contributed by atoms with Crippen LogP contribution in [0.3, 0.4) is 0 Å². The van der Waals surface area contributed by atoms with E-state index in [1.54, 1.807) is 4.90 Å². The Morgan fingerprint density at radius 1 is 1.07 bits per heavy atom. The average molecular weight is 409 g/mol. The lowest BCUT2D eigenvalue weighted by Crippen LogP contribution is -2.41. The molecule has 0 bridgehead atoms. The molecule has 2 aromatic carbocycles. The molecule has 1 amide bonds. The van der Waals surface area contributed by atoms with Gasteiger partial charge in [0.15, 0.2) is 0 Å². The van der Waals surface area contributed by atoms with Gasteiger partial charge in [0.05, 0.1) is 16.9 Å². The Balaban J connectivity index is 1.76. The molecule has 0 N–H and O–H groups in total. The van der Waals surface area contributed by atoms with E-state index in [1.165, 1.54) is 5.56 Å². The van der Waals surface area contributed by atoms with E-state index in [0.29, 0.717) is 6.54 Å². The van der Waals surface area contributed by atoms with Crippen molar-refractivity contribution in [2.45, 2.75) is 78.1 Å². The van der Waals surface area contributed by atoms with E-state index >= 15 is 0 Å². The first-order valence-corrected chi connectivity index (χ1v) is 10.7. The van der Waals surface area contributed by atoms with Gasteiger partial charge in [-0.2, -0.15) is 0 Å². The Hall–Kier alpha value is -2.05. The summed E-state index contributed by atoms with van der Waals surface area (Å²) >= 11 is 0. The molecule has 0 spiro atoms. The fraction of sp³-hybridized carbons (Fsp3) is 0.542. The molecule has 0 radical (unpaired) electrons. The molecule has 2 heterocycles. The third kappa shape index (κ3) is 3.40. The molecule has 2 aliphatic rings. The van der Waals surface area contributed by atoms with Crippen LogP contribution < -0.4 is 10.4 Å². The number of nitrogens with zero attached hydrogens (tertiary/aromatic N) is 1. The van der Waals surface area contributed by atoms with Gasteiger partial charge < -0.3 is 14.0 Å². The van der Waals surface area contributed by atoms with Crippen LogP contribution in [0.2, 0.25) is 0 Å². The molecule has 0 saturated carbocycles. The zero-order valence-corrected chi connectivity index (χ0v) is 19.3. The van der Waals surface area contributed by atoms with Gasteiger partial charge in [-0.1, -0.05) is 31.2 Å². The van der Waals surface area contributed by atoms with E-state index in [2.05, 4.69) is 52.8 Å². The van der Waals surface area contributed by atoms with Crippen LogP contribution in [0.15, 0.2) is 30.3 Å². The van der Waals surface area contributed by atoms with Crippen molar-refractivity contribution in [3.63, 3.8) is 0 Å².